The molecule has 2 aromatic rings. The second-order valence-corrected chi connectivity index (χ2v) is 7.93. The SMILES string of the molecule is CCC(C)c1ccc(C(NCC(=O)Nc2nnc(C)s2)C(C)C)cc1. The van der Waals surface area contributed by atoms with Gasteiger partial charge in [0.05, 0.1) is 6.54 Å². The van der Waals surface area contributed by atoms with E-state index >= 15 is 0 Å². The van der Waals surface area contributed by atoms with Crippen LogP contribution in [0.25, 0.3) is 0 Å². The van der Waals surface area contributed by atoms with Crippen molar-refractivity contribution in [1.29, 1.82) is 0 Å². The molecule has 6 heteroatoms. The van der Waals surface area contributed by atoms with Crippen molar-refractivity contribution >= 4 is 22.4 Å². The molecule has 0 aliphatic rings. The summed E-state index contributed by atoms with van der Waals surface area (Å²) in [5, 5.41) is 15.4. The number of anilines is 1. The van der Waals surface area contributed by atoms with Crippen LogP contribution in [0.2, 0.25) is 0 Å². The number of carbonyl (C=O) groups excluding carboxylic acids is 1. The van der Waals surface area contributed by atoms with Crippen molar-refractivity contribution in [1.82, 2.24) is 15.5 Å². The van der Waals surface area contributed by atoms with Crippen LogP contribution in [0.15, 0.2) is 24.3 Å². The lowest BCUT2D eigenvalue weighted by Gasteiger charge is -2.23. The number of aromatic nitrogens is 2. The van der Waals surface area contributed by atoms with Crippen molar-refractivity contribution in [2.45, 2.75) is 53.0 Å². The van der Waals surface area contributed by atoms with Crippen LogP contribution >= 0.6 is 11.3 Å². The van der Waals surface area contributed by atoms with E-state index in [4.69, 9.17) is 0 Å². The van der Waals surface area contributed by atoms with Crippen LogP contribution in [0.1, 0.15) is 62.2 Å². The lowest BCUT2D eigenvalue weighted by atomic mass is 9.92. The molecular formula is C19H28N4OS. The van der Waals surface area contributed by atoms with Gasteiger partial charge in [0.25, 0.3) is 0 Å². The molecule has 2 atom stereocenters. The molecule has 0 aliphatic carbocycles. The number of hydrogen-bond acceptors (Lipinski definition) is 5. The van der Waals surface area contributed by atoms with E-state index in [2.05, 4.69) is 72.8 Å². The lowest BCUT2D eigenvalue weighted by Crippen LogP contribution is -2.33. The largest absolute Gasteiger partial charge is 0.301 e. The molecule has 0 bridgehead atoms. The van der Waals surface area contributed by atoms with E-state index in [0.29, 0.717) is 17.0 Å². The minimum Gasteiger partial charge on any atom is -0.301 e. The molecule has 2 unspecified atom stereocenters. The molecule has 1 aromatic carbocycles. The third-order valence-electron chi connectivity index (χ3n) is 4.40. The van der Waals surface area contributed by atoms with Gasteiger partial charge in [0.1, 0.15) is 5.01 Å². The topological polar surface area (TPSA) is 66.9 Å². The number of nitrogens with zero attached hydrogens (tertiary/aromatic N) is 2. The predicted octanol–water partition coefficient (Wildman–Crippen LogP) is 4.29. The van der Waals surface area contributed by atoms with Gasteiger partial charge in [-0.25, -0.2) is 0 Å². The van der Waals surface area contributed by atoms with Gasteiger partial charge in [0, 0.05) is 6.04 Å². The van der Waals surface area contributed by atoms with E-state index in [1.54, 1.807) is 0 Å². The fraction of sp³-hybridized carbons (Fsp3) is 0.526. The van der Waals surface area contributed by atoms with Gasteiger partial charge in [-0.15, -0.1) is 10.2 Å². The highest BCUT2D eigenvalue weighted by atomic mass is 32.1. The quantitative estimate of drug-likeness (QED) is 0.737. The zero-order valence-electron chi connectivity index (χ0n) is 15.7. The first kappa shape index (κ1) is 19.5. The van der Waals surface area contributed by atoms with Crippen LogP contribution in [0.5, 0.6) is 0 Å². The van der Waals surface area contributed by atoms with Crippen LogP contribution < -0.4 is 10.6 Å². The van der Waals surface area contributed by atoms with Crippen molar-refractivity contribution in [2.75, 3.05) is 11.9 Å². The summed E-state index contributed by atoms with van der Waals surface area (Å²) in [7, 11) is 0. The van der Waals surface area contributed by atoms with Crippen molar-refractivity contribution in [3.63, 3.8) is 0 Å². The second-order valence-electron chi connectivity index (χ2n) is 6.75. The second kappa shape index (κ2) is 9.06. The van der Waals surface area contributed by atoms with Crippen molar-refractivity contribution < 1.29 is 4.79 Å². The highest BCUT2D eigenvalue weighted by Crippen LogP contribution is 2.25. The van der Waals surface area contributed by atoms with Gasteiger partial charge in [-0.3, -0.25) is 10.1 Å². The van der Waals surface area contributed by atoms with Crippen molar-refractivity contribution in [3.05, 3.63) is 40.4 Å². The molecule has 0 spiro atoms. The van der Waals surface area contributed by atoms with Crippen LogP contribution in [-0.4, -0.2) is 22.6 Å². The molecule has 1 amide bonds. The number of hydrogen-bond donors (Lipinski definition) is 2. The Morgan fingerprint density at radius 1 is 1.12 bits per heavy atom. The minimum atomic E-state index is -0.0991. The fourth-order valence-corrected chi connectivity index (χ4v) is 3.33. The van der Waals surface area contributed by atoms with Crippen LogP contribution in [0.3, 0.4) is 0 Å². The average Bonchev–Trinajstić information content (AvgIpc) is 2.99. The molecule has 2 N–H and O–H groups in total. The summed E-state index contributed by atoms with van der Waals surface area (Å²) < 4.78 is 0. The summed E-state index contributed by atoms with van der Waals surface area (Å²) in [6.07, 6.45) is 1.14. The Hall–Kier alpha value is -1.79. The maximum Gasteiger partial charge on any atom is 0.240 e. The Morgan fingerprint density at radius 2 is 1.76 bits per heavy atom. The van der Waals surface area contributed by atoms with Gasteiger partial charge < -0.3 is 5.32 Å². The minimum absolute atomic E-state index is 0.0991. The Bertz CT molecular complexity index is 681. The molecule has 0 radical (unpaired) electrons. The smallest absolute Gasteiger partial charge is 0.240 e. The summed E-state index contributed by atoms with van der Waals surface area (Å²) in [6, 6.07) is 8.87. The monoisotopic (exact) mass is 360 g/mol. The number of rotatable bonds is 8. The molecule has 0 fully saturated rings. The van der Waals surface area contributed by atoms with Crippen molar-refractivity contribution in [2.24, 2.45) is 5.92 Å². The number of nitrogens with one attached hydrogen (secondary N) is 2. The first-order valence-electron chi connectivity index (χ1n) is 8.83. The van der Waals surface area contributed by atoms with E-state index in [1.807, 2.05) is 6.92 Å². The van der Waals surface area contributed by atoms with Crippen LogP contribution in [0.4, 0.5) is 5.13 Å². The third-order valence-corrected chi connectivity index (χ3v) is 5.15. The van der Waals surface area contributed by atoms with E-state index in [1.165, 1.54) is 22.5 Å². The summed E-state index contributed by atoms with van der Waals surface area (Å²) in [5.74, 6) is 0.852. The number of amides is 1. The van der Waals surface area contributed by atoms with Crippen LogP contribution in [-0.2, 0) is 4.79 Å². The molecule has 0 saturated carbocycles. The third kappa shape index (κ3) is 5.61. The Morgan fingerprint density at radius 3 is 2.28 bits per heavy atom. The van der Waals surface area contributed by atoms with E-state index < -0.39 is 0 Å². The highest BCUT2D eigenvalue weighted by molar-refractivity contribution is 7.15. The average molecular weight is 361 g/mol. The Kier molecular flexibility index (Phi) is 7.08. The number of aryl methyl sites for hydroxylation is 1. The maximum absolute atomic E-state index is 12.1. The molecule has 0 aliphatic heterocycles. The molecule has 25 heavy (non-hydrogen) atoms. The Labute approximate surface area is 154 Å². The van der Waals surface area contributed by atoms with Crippen LogP contribution in [0, 0.1) is 12.8 Å². The molecule has 136 valence electrons. The fourth-order valence-electron chi connectivity index (χ4n) is 2.72. The predicted molar refractivity (Wildman–Crippen MR) is 104 cm³/mol. The molecule has 1 aromatic heterocycles. The summed E-state index contributed by atoms with van der Waals surface area (Å²) >= 11 is 1.38. The Balaban J connectivity index is 1.97. The van der Waals surface area contributed by atoms with E-state index in [-0.39, 0.29) is 18.5 Å². The summed E-state index contributed by atoms with van der Waals surface area (Å²) in [6.45, 7) is 10.9. The van der Waals surface area contributed by atoms with Gasteiger partial charge in [-0.1, -0.05) is 63.3 Å². The van der Waals surface area contributed by atoms with E-state index in [0.717, 1.165) is 11.4 Å². The molecule has 1 heterocycles. The van der Waals surface area contributed by atoms with Crippen molar-refractivity contribution in [3.8, 4) is 0 Å². The first-order chi connectivity index (χ1) is 11.9. The standard InChI is InChI=1S/C19H28N4OS/c1-6-13(4)15-7-9-16(10-8-15)18(12(2)3)20-11-17(24)21-19-23-22-14(5)25-19/h7-10,12-13,18,20H,6,11H2,1-5H3,(H,21,23,24). The molecule has 0 saturated heterocycles. The van der Waals surface area contributed by atoms with Gasteiger partial charge in [0.2, 0.25) is 11.0 Å². The molecule has 5 nitrogen and oxygen atoms in total. The molecular weight excluding hydrogens is 332 g/mol. The zero-order valence-corrected chi connectivity index (χ0v) is 16.5. The van der Waals surface area contributed by atoms with Gasteiger partial charge in [-0.05, 0) is 36.3 Å². The lowest BCUT2D eigenvalue weighted by molar-refractivity contribution is -0.115. The number of carbonyl (C=O) groups is 1. The normalized spacial score (nSPS) is 13.7. The highest BCUT2D eigenvalue weighted by Gasteiger charge is 2.17. The van der Waals surface area contributed by atoms with Gasteiger partial charge >= 0.3 is 0 Å². The van der Waals surface area contributed by atoms with E-state index in [9.17, 15) is 4.79 Å². The number of benzene rings is 1. The molecule has 2 rings (SSSR count). The van der Waals surface area contributed by atoms with Gasteiger partial charge in [-0.2, -0.15) is 0 Å². The van der Waals surface area contributed by atoms with Gasteiger partial charge in [0.15, 0.2) is 0 Å². The zero-order chi connectivity index (χ0) is 18.4. The summed E-state index contributed by atoms with van der Waals surface area (Å²) in [4.78, 5) is 12.1. The summed E-state index contributed by atoms with van der Waals surface area (Å²) in [5.41, 5.74) is 2.57. The first-order valence-corrected chi connectivity index (χ1v) is 9.65. The maximum atomic E-state index is 12.1.